The van der Waals surface area contributed by atoms with Crippen molar-refractivity contribution >= 4 is 11.7 Å². The van der Waals surface area contributed by atoms with Gasteiger partial charge in [0.15, 0.2) is 5.96 Å². The van der Waals surface area contributed by atoms with Crippen LogP contribution in [0.5, 0.6) is 5.75 Å². The smallest absolute Gasteiger partial charge is 0.195 e. The average molecular weight is 326 g/mol. The number of hydrogen-bond acceptors (Lipinski definition) is 5. The second-order valence-corrected chi connectivity index (χ2v) is 5.73. The first-order valence-corrected chi connectivity index (χ1v) is 7.50. The number of methoxy groups -OCH3 is 1. The highest BCUT2D eigenvalue weighted by atomic mass is 19.1. The molecule has 0 fully saturated rings. The van der Waals surface area contributed by atoms with Gasteiger partial charge in [0.25, 0.3) is 0 Å². The van der Waals surface area contributed by atoms with E-state index in [1.807, 2.05) is 30.3 Å². The standard InChI is InChI=1S/C18H19FN4O/c1-24-15-7-3-5-13(9-15)16-11-18(21,23-17(20)22-16)10-12-4-2-6-14(19)8-12/h2-9,11H,10,21H2,1H3,(H3,20,22,23). The number of guanidine groups is 1. The normalized spacial score (nSPS) is 20.0. The van der Waals surface area contributed by atoms with E-state index in [-0.39, 0.29) is 11.8 Å². The van der Waals surface area contributed by atoms with Gasteiger partial charge in [-0.3, -0.25) is 0 Å². The Bertz CT molecular complexity index is 818. The summed E-state index contributed by atoms with van der Waals surface area (Å²) in [5, 5.41) is 2.96. The third kappa shape index (κ3) is 3.55. The molecule has 0 bridgehead atoms. The number of halogens is 1. The first-order valence-electron chi connectivity index (χ1n) is 7.50. The van der Waals surface area contributed by atoms with E-state index in [2.05, 4.69) is 10.3 Å². The van der Waals surface area contributed by atoms with Gasteiger partial charge in [0, 0.05) is 12.0 Å². The molecule has 5 nitrogen and oxygen atoms in total. The molecule has 5 N–H and O–H groups in total. The molecule has 1 unspecified atom stereocenters. The van der Waals surface area contributed by atoms with Crippen LogP contribution in [0.3, 0.4) is 0 Å². The quantitative estimate of drug-likeness (QED) is 0.802. The van der Waals surface area contributed by atoms with Crippen LogP contribution < -0.4 is 21.5 Å². The fourth-order valence-electron chi connectivity index (χ4n) is 2.72. The lowest BCUT2D eigenvalue weighted by atomic mass is 9.96. The summed E-state index contributed by atoms with van der Waals surface area (Å²) in [7, 11) is 1.60. The fraction of sp³-hybridized carbons (Fsp3) is 0.167. The van der Waals surface area contributed by atoms with E-state index in [1.165, 1.54) is 12.1 Å². The van der Waals surface area contributed by atoms with Crippen LogP contribution in [-0.4, -0.2) is 18.7 Å². The number of nitrogens with one attached hydrogen (secondary N) is 1. The Hall–Kier alpha value is -2.86. The van der Waals surface area contributed by atoms with Gasteiger partial charge in [-0.25, -0.2) is 9.38 Å². The van der Waals surface area contributed by atoms with Crippen LogP contribution in [0.4, 0.5) is 4.39 Å². The highest BCUT2D eigenvalue weighted by Gasteiger charge is 2.28. The third-order valence-electron chi connectivity index (χ3n) is 3.75. The van der Waals surface area contributed by atoms with Crippen molar-refractivity contribution in [2.75, 3.05) is 7.11 Å². The Labute approximate surface area is 139 Å². The Morgan fingerprint density at radius 2 is 2.00 bits per heavy atom. The van der Waals surface area contributed by atoms with Crippen LogP contribution in [0.2, 0.25) is 0 Å². The molecule has 1 aliphatic rings. The topological polar surface area (TPSA) is 85.7 Å². The van der Waals surface area contributed by atoms with E-state index in [9.17, 15) is 4.39 Å². The predicted octanol–water partition coefficient (Wildman–Crippen LogP) is 1.99. The Morgan fingerprint density at radius 3 is 2.75 bits per heavy atom. The maximum Gasteiger partial charge on any atom is 0.195 e. The van der Waals surface area contributed by atoms with Crippen LogP contribution in [0.15, 0.2) is 59.6 Å². The van der Waals surface area contributed by atoms with E-state index in [0.717, 1.165) is 11.1 Å². The minimum absolute atomic E-state index is 0.217. The van der Waals surface area contributed by atoms with Gasteiger partial charge in [-0.15, -0.1) is 0 Å². The molecule has 124 valence electrons. The number of ether oxygens (including phenoxy) is 1. The van der Waals surface area contributed by atoms with Gasteiger partial charge < -0.3 is 21.5 Å². The Kier molecular flexibility index (Phi) is 4.22. The summed E-state index contributed by atoms with van der Waals surface area (Å²) < 4.78 is 18.6. The zero-order chi connectivity index (χ0) is 17.2. The van der Waals surface area contributed by atoms with Crippen molar-refractivity contribution in [3.8, 4) is 5.75 Å². The molecule has 0 aromatic heterocycles. The molecule has 0 amide bonds. The summed E-state index contributed by atoms with van der Waals surface area (Å²) in [4.78, 5) is 4.32. The number of benzene rings is 2. The number of rotatable bonds is 4. The molecule has 0 aliphatic carbocycles. The van der Waals surface area contributed by atoms with Gasteiger partial charge in [-0.2, -0.15) is 0 Å². The predicted molar refractivity (Wildman–Crippen MR) is 92.8 cm³/mol. The van der Waals surface area contributed by atoms with E-state index in [4.69, 9.17) is 16.2 Å². The average Bonchev–Trinajstić information content (AvgIpc) is 2.53. The molecular formula is C18H19FN4O. The molecule has 0 spiro atoms. The van der Waals surface area contributed by atoms with Gasteiger partial charge in [-0.05, 0) is 35.9 Å². The zero-order valence-corrected chi connectivity index (χ0v) is 13.3. The molecule has 1 atom stereocenters. The number of aliphatic imine (C=N–C) groups is 1. The lowest BCUT2D eigenvalue weighted by Crippen LogP contribution is -2.59. The Morgan fingerprint density at radius 1 is 1.21 bits per heavy atom. The highest BCUT2D eigenvalue weighted by molar-refractivity contribution is 5.88. The summed E-state index contributed by atoms with van der Waals surface area (Å²) >= 11 is 0. The van der Waals surface area contributed by atoms with E-state index in [0.29, 0.717) is 17.9 Å². The van der Waals surface area contributed by atoms with Gasteiger partial charge in [-0.1, -0.05) is 24.3 Å². The second kappa shape index (κ2) is 6.33. The third-order valence-corrected chi connectivity index (χ3v) is 3.75. The van der Waals surface area contributed by atoms with Gasteiger partial charge in [0.05, 0.1) is 12.8 Å². The van der Waals surface area contributed by atoms with E-state index >= 15 is 0 Å². The summed E-state index contributed by atoms with van der Waals surface area (Å²) in [6, 6.07) is 13.8. The monoisotopic (exact) mass is 326 g/mol. The fourth-order valence-corrected chi connectivity index (χ4v) is 2.72. The molecule has 3 rings (SSSR count). The molecule has 6 heteroatoms. The molecule has 2 aromatic carbocycles. The molecule has 0 saturated heterocycles. The minimum atomic E-state index is -0.960. The van der Waals surface area contributed by atoms with Crippen molar-refractivity contribution < 1.29 is 9.13 Å². The van der Waals surface area contributed by atoms with E-state index < -0.39 is 5.66 Å². The lowest BCUT2D eigenvalue weighted by Gasteiger charge is -2.32. The van der Waals surface area contributed by atoms with Gasteiger partial charge in [0.1, 0.15) is 17.2 Å². The van der Waals surface area contributed by atoms with Gasteiger partial charge >= 0.3 is 0 Å². The van der Waals surface area contributed by atoms with Crippen LogP contribution in [0, 0.1) is 5.82 Å². The molecule has 0 radical (unpaired) electrons. The van der Waals surface area contributed by atoms with Crippen molar-refractivity contribution in [2.45, 2.75) is 12.1 Å². The molecule has 0 saturated carbocycles. The minimum Gasteiger partial charge on any atom is -0.497 e. The van der Waals surface area contributed by atoms with Crippen molar-refractivity contribution in [3.05, 3.63) is 71.6 Å². The number of nitrogens with zero attached hydrogens (tertiary/aromatic N) is 1. The maximum atomic E-state index is 13.4. The molecule has 1 heterocycles. The SMILES string of the molecule is COc1cccc(C2=CC(N)(Cc3cccc(F)c3)NC(N)=N2)c1. The second-order valence-electron chi connectivity index (χ2n) is 5.73. The molecule has 1 aliphatic heterocycles. The summed E-state index contributed by atoms with van der Waals surface area (Å²) in [6.07, 6.45) is 2.16. The van der Waals surface area contributed by atoms with Crippen molar-refractivity contribution in [1.29, 1.82) is 0 Å². The largest absolute Gasteiger partial charge is 0.497 e. The van der Waals surface area contributed by atoms with Crippen LogP contribution in [0.1, 0.15) is 11.1 Å². The van der Waals surface area contributed by atoms with Gasteiger partial charge in [0.2, 0.25) is 0 Å². The molecular weight excluding hydrogens is 307 g/mol. The Balaban J connectivity index is 1.94. The van der Waals surface area contributed by atoms with Crippen LogP contribution in [0.25, 0.3) is 5.70 Å². The van der Waals surface area contributed by atoms with E-state index in [1.54, 1.807) is 19.3 Å². The van der Waals surface area contributed by atoms with Crippen LogP contribution in [-0.2, 0) is 6.42 Å². The van der Waals surface area contributed by atoms with Crippen molar-refractivity contribution in [1.82, 2.24) is 5.32 Å². The summed E-state index contributed by atoms with van der Waals surface area (Å²) in [6.45, 7) is 0. The number of nitrogens with two attached hydrogens (primary N) is 2. The molecule has 24 heavy (non-hydrogen) atoms. The van der Waals surface area contributed by atoms with Crippen molar-refractivity contribution in [3.63, 3.8) is 0 Å². The highest BCUT2D eigenvalue weighted by Crippen LogP contribution is 2.26. The first kappa shape index (κ1) is 16.0. The summed E-state index contributed by atoms with van der Waals surface area (Å²) in [5.41, 5.74) is 13.6. The lowest BCUT2D eigenvalue weighted by molar-refractivity contribution is 0.414. The summed E-state index contributed by atoms with van der Waals surface area (Å²) in [5.74, 6) is 0.633. The maximum absolute atomic E-state index is 13.4. The van der Waals surface area contributed by atoms with Crippen molar-refractivity contribution in [2.24, 2.45) is 16.5 Å². The number of hydrogen-bond donors (Lipinski definition) is 3. The van der Waals surface area contributed by atoms with Crippen LogP contribution >= 0.6 is 0 Å². The molecule has 2 aromatic rings. The zero-order valence-electron chi connectivity index (χ0n) is 13.3. The first-order chi connectivity index (χ1) is 11.5.